The average molecular weight is 385 g/mol. The van der Waals surface area contributed by atoms with Crippen LogP contribution in [0.15, 0.2) is 0 Å². The summed E-state index contributed by atoms with van der Waals surface area (Å²) in [4.78, 5) is 9.42. The van der Waals surface area contributed by atoms with E-state index in [1.54, 1.807) is 45.2 Å². The third-order valence-corrected chi connectivity index (χ3v) is 0. The zero-order chi connectivity index (χ0) is 3.58. The Morgan fingerprint density at radius 3 is 1.40 bits per heavy atom. The second kappa shape index (κ2) is 5.75. The maximum atomic E-state index is 9.42. The zero-order valence-corrected chi connectivity index (χ0v) is 7.95. The van der Waals surface area contributed by atoms with Gasteiger partial charge in [0.2, 0.25) is 0 Å². The topological polar surface area (TPSA) is 17.1 Å². The average Bonchev–Trinajstić information content (AvgIpc) is 0.811. The van der Waals surface area contributed by atoms with Crippen LogP contribution in [0.5, 0.6) is 0 Å². The maximum Gasteiger partial charge on any atom is 2.00 e. The summed E-state index contributed by atoms with van der Waals surface area (Å²) in [5, 5.41) is 0. The van der Waals surface area contributed by atoms with E-state index >= 15 is 0 Å². The van der Waals surface area contributed by atoms with Gasteiger partial charge in [0.1, 0.15) is 0 Å². The summed E-state index contributed by atoms with van der Waals surface area (Å²) in [5.41, 5.74) is 0. The SMILES string of the molecule is O=C(I)I.[Rh+2]. The monoisotopic (exact) mass is 385 g/mol. The van der Waals surface area contributed by atoms with Crippen LogP contribution < -0.4 is 0 Å². The van der Waals surface area contributed by atoms with Crippen molar-refractivity contribution in [3.05, 3.63) is 0 Å². The molecule has 0 saturated carbocycles. The van der Waals surface area contributed by atoms with Crippen molar-refractivity contribution in [1.82, 2.24) is 0 Å². The smallest absolute Gasteiger partial charge is 0.276 e. The Morgan fingerprint density at radius 2 is 1.40 bits per heavy atom. The van der Waals surface area contributed by atoms with Crippen LogP contribution in [0, 0.1) is 0 Å². The minimum absolute atomic E-state index is 0. The van der Waals surface area contributed by atoms with E-state index in [4.69, 9.17) is 0 Å². The van der Waals surface area contributed by atoms with Gasteiger partial charge in [-0.15, -0.1) is 0 Å². The molecule has 0 aromatic rings. The van der Waals surface area contributed by atoms with E-state index in [0.29, 0.717) is 0 Å². The Hall–Kier alpha value is 1.75. The number of halogens is 2. The molecule has 5 heavy (non-hydrogen) atoms. The van der Waals surface area contributed by atoms with E-state index in [1.165, 1.54) is 0 Å². The molecule has 0 aliphatic carbocycles. The third-order valence-electron chi connectivity index (χ3n) is 0. The minimum atomic E-state index is 0. The maximum absolute atomic E-state index is 9.42. The number of hydrogen-bond donors (Lipinski definition) is 0. The molecule has 0 aliphatic rings. The second-order valence-electron chi connectivity index (χ2n) is 0.226. The molecule has 0 bridgehead atoms. The summed E-state index contributed by atoms with van der Waals surface area (Å²) in [6.45, 7) is 0. The molecule has 0 N–H and O–H groups in total. The van der Waals surface area contributed by atoms with Crippen LogP contribution in [0.1, 0.15) is 0 Å². The van der Waals surface area contributed by atoms with Crippen LogP contribution in [0.3, 0.4) is 0 Å². The molecule has 0 atom stereocenters. The summed E-state index contributed by atoms with van der Waals surface area (Å²) in [6, 6.07) is 0. The number of rotatable bonds is 0. The van der Waals surface area contributed by atoms with Crippen LogP contribution in [0.25, 0.3) is 0 Å². The summed E-state index contributed by atoms with van der Waals surface area (Å²) in [6.07, 6.45) is 0. The van der Waals surface area contributed by atoms with Crippen molar-refractivity contribution in [1.29, 1.82) is 0 Å². The summed E-state index contributed by atoms with van der Waals surface area (Å²) < 4.78 is 0.107. The van der Waals surface area contributed by atoms with E-state index in [0.717, 1.165) is 0 Å². The fourth-order valence-corrected chi connectivity index (χ4v) is 0. The molecule has 1 radical (unpaired) electrons. The molecule has 0 aromatic heterocycles. The summed E-state index contributed by atoms with van der Waals surface area (Å²) in [7, 11) is 0. The summed E-state index contributed by atoms with van der Waals surface area (Å²) in [5.74, 6) is 0. The van der Waals surface area contributed by atoms with Gasteiger partial charge in [-0.25, -0.2) is 0 Å². The van der Waals surface area contributed by atoms with Gasteiger partial charge in [0.25, 0.3) is 1.80 Å². The van der Waals surface area contributed by atoms with E-state index in [2.05, 4.69) is 0 Å². The molecule has 0 rings (SSSR count). The van der Waals surface area contributed by atoms with Crippen molar-refractivity contribution in [3.63, 3.8) is 0 Å². The van der Waals surface area contributed by atoms with Gasteiger partial charge in [0.15, 0.2) is 0 Å². The fourth-order valence-electron chi connectivity index (χ4n) is 0. The van der Waals surface area contributed by atoms with Crippen molar-refractivity contribution >= 4 is 47.0 Å². The molecule has 0 unspecified atom stereocenters. The number of hydrogen-bond acceptors (Lipinski definition) is 1. The molecule has 0 saturated heterocycles. The van der Waals surface area contributed by atoms with Crippen molar-refractivity contribution in [2.75, 3.05) is 0 Å². The van der Waals surface area contributed by atoms with Crippen molar-refractivity contribution in [3.8, 4) is 0 Å². The molecule has 0 aromatic carbocycles. The van der Waals surface area contributed by atoms with E-state index in [9.17, 15) is 4.79 Å². The van der Waals surface area contributed by atoms with Gasteiger partial charge in [-0.1, -0.05) is 0 Å². The molecule has 31 valence electrons. The Morgan fingerprint density at radius 1 is 1.40 bits per heavy atom. The quantitative estimate of drug-likeness (QED) is 0.354. The molecule has 1 nitrogen and oxygen atoms in total. The molecule has 0 aliphatic heterocycles. The predicted molar refractivity (Wildman–Crippen MR) is 33.4 cm³/mol. The van der Waals surface area contributed by atoms with Gasteiger partial charge in [0.05, 0.1) is 0 Å². The standard InChI is InChI=1S/CI2O.Rh/c2-1(3)4;/q;+2. The predicted octanol–water partition coefficient (Wildman–Crippen LogP) is 1.97. The Bertz CT molecular complexity index is 32.6. The molecule has 0 heterocycles. The first-order chi connectivity index (χ1) is 1.73. The van der Waals surface area contributed by atoms with Gasteiger partial charge in [0, 0.05) is 45.2 Å². The second-order valence-corrected chi connectivity index (χ2v) is 4.25. The van der Waals surface area contributed by atoms with Gasteiger partial charge in [-0.3, -0.25) is 4.79 Å². The first-order valence-corrected chi connectivity index (χ1v) is 2.74. The van der Waals surface area contributed by atoms with Crippen LogP contribution in [-0.4, -0.2) is 1.80 Å². The third kappa shape index (κ3) is 26.4. The van der Waals surface area contributed by atoms with Crippen molar-refractivity contribution in [2.45, 2.75) is 0 Å². The molecule has 4 heteroatoms. The Kier molecular flexibility index (Phi) is 11.4. The van der Waals surface area contributed by atoms with Crippen LogP contribution >= 0.6 is 45.2 Å². The summed E-state index contributed by atoms with van der Waals surface area (Å²) >= 11 is 3.38. The Balaban J connectivity index is 0. The van der Waals surface area contributed by atoms with Crippen LogP contribution in [0.4, 0.5) is 4.79 Å². The zero-order valence-electron chi connectivity index (χ0n) is 2.00. The minimum Gasteiger partial charge on any atom is -0.276 e. The Labute approximate surface area is 70.3 Å². The first-order valence-electron chi connectivity index (χ1n) is 0.582. The molecular formula is CI2ORh+2. The van der Waals surface area contributed by atoms with E-state index in [1.807, 2.05) is 0 Å². The number of carbonyl (C=O) groups is 1. The largest absolute Gasteiger partial charge is 2.00 e. The molecule has 0 spiro atoms. The van der Waals surface area contributed by atoms with Gasteiger partial charge < -0.3 is 0 Å². The normalized spacial score (nSPS) is 5.20. The molecule has 0 fully saturated rings. The molecular weight excluding hydrogens is 385 g/mol. The fraction of sp³-hybridized carbons (Fsp3) is 0. The van der Waals surface area contributed by atoms with Crippen molar-refractivity contribution < 1.29 is 24.3 Å². The first kappa shape index (κ1) is 9.89. The van der Waals surface area contributed by atoms with Gasteiger partial charge in [-0.05, 0) is 0 Å². The van der Waals surface area contributed by atoms with E-state index in [-0.39, 0.29) is 21.3 Å². The van der Waals surface area contributed by atoms with Crippen LogP contribution in [-0.2, 0) is 19.5 Å². The van der Waals surface area contributed by atoms with E-state index < -0.39 is 0 Å². The molecule has 0 amide bonds. The van der Waals surface area contributed by atoms with Gasteiger partial charge in [-0.2, -0.15) is 0 Å². The van der Waals surface area contributed by atoms with Gasteiger partial charge >= 0.3 is 19.5 Å². The van der Waals surface area contributed by atoms with Crippen molar-refractivity contribution in [2.24, 2.45) is 0 Å². The number of carbonyl (C=O) groups excluding carboxylic acids is 1. The van der Waals surface area contributed by atoms with Crippen LogP contribution in [0.2, 0.25) is 0 Å².